The van der Waals surface area contributed by atoms with Crippen LogP contribution in [0.5, 0.6) is 0 Å². The maximum atomic E-state index is 5.43. The third-order valence-corrected chi connectivity index (χ3v) is 13.8. The van der Waals surface area contributed by atoms with Crippen molar-refractivity contribution in [1.29, 1.82) is 0 Å². The van der Waals surface area contributed by atoms with Crippen molar-refractivity contribution in [2.45, 2.75) is 31.6 Å². The van der Waals surface area contributed by atoms with Crippen LogP contribution in [-0.4, -0.2) is 9.97 Å². The summed E-state index contributed by atoms with van der Waals surface area (Å²) >= 11 is 0. The largest absolute Gasteiger partial charge is 0.228 e. The maximum absolute atomic E-state index is 5.43. The zero-order chi connectivity index (χ0) is 40.9. The van der Waals surface area contributed by atoms with Crippen molar-refractivity contribution in [3.05, 3.63) is 228 Å². The minimum absolute atomic E-state index is 0.124. The zero-order valence-corrected chi connectivity index (χ0v) is 34.4. The number of fused-ring (bicyclic) bond motifs is 9. The molecule has 2 aliphatic rings. The molecule has 10 aromatic rings. The normalized spacial score (nSPS) is 15.7. The molecule has 0 amide bonds. The number of hydrogen-bond donors (Lipinski definition) is 0. The van der Waals surface area contributed by atoms with Gasteiger partial charge >= 0.3 is 0 Å². The van der Waals surface area contributed by atoms with E-state index in [2.05, 4.69) is 221 Å². The second-order valence-electron chi connectivity index (χ2n) is 17.4. The highest BCUT2D eigenvalue weighted by Crippen LogP contribution is 2.57. The second kappa shape index (κ2) is 13.3. The molecule has 0 N–H and O–H groups in total. The van der Waals surface area contributed by atoms with Crippen molar-refractivity contribution in [3.63, 3.8) is 0 Å². The van der Waals surface area contributed by atoms with Gasteiger partial charge < -0.3 is 0 Å². The minimum atomic E-state index is -0.384. The lowest BCUT2D eigenvalue weighted by Crippen LogP contribution is -2.23. The molecule has 1 aromatic heterocycles. The quantitative estimate of drug-likeness (QED) is 0.174. The fraction of sp³-hybridized carbons (Fsp3) is 0.0847. The van der Waals surface area contributed by atoms with Crippen LogP contribution in [0.4, 0.5) is 0 Å². The number of nitrogens with zero attached hydrogens (tertiary/aromatic N) is 2. The molecular weight excluding hydrogens is 737 g/mol. The van der Waals surface area contributed by atoms with Crippen LogP contribution in [0, 0.1) is 0 Å². The Hall–Kier alpha value is -7.42. The van der Waals surface area contributed by atoms with E-state index in [1.165, 1.54) is 77.4 Å². The molecule has 0 spiro atoms. The van der Waals surface area contributed by atoms with E-state index in [0.29, 0.717) is 5.82 Å². The van der Waals surface area contributed by atoms with Gasteiger partial charge in [-0.3, -0.25) is 0 Å². The SMILES string of the molecule is CC1(C)c2cccc(-c3ccc(-c4cc(-c5cccc6c5C(C)(c5ccccc5)c5ccccc5-6)nc(-c5ccccc5)n4)c4ccccc34)c2-c2c1ccc1ccccc21. The number of rotatable bonds is 5. The number of benzene rings is 9. The third-order valence-electron chi connectivity index (χ3n) is 13.8. The van der Waals surface area contributed by atoms with Gasteiger partial charge in [0.1, 0.15) is 0 Å². The van der Waals surface area contributed by atoms with E-state index in [0.717, 1.165) is 33.5 Å². The molecule has 1 heterocycles. The third kappa shape index (κ3) is 5.15. The fourth-order valence-corrected chi connectivity index (χ4v) is 10.9. The van der Waals surface area contributed by atoms with Gasteiger partial charge in [-0.25, -0.2) is 9.97 Å². The van der Waals surface area contributed by atoms with Gasteiger partial charge in [-0.15, -0.1) is 0 Å². The smallest absolute Gasteiger partial charge is 0.160 e. The highest BCUT2D eigenvalue weighted by atomic mass is 14.9. The molecule has 1 unspecified atom stereocenters. The van der Waals surface area contributed by atoms with Crippen molar-refractivity contribution in [1.82, 2.24) is 9.97 Å². The van der Waals surface area contributed by atoms with Gasteiger partial charge in [0.2, 0.25) is 0 Å². The van der Waals surface area contributed by atoms with E-state index in [1.54, 1.807) is 0 Å². The summed E-state index contributed by atoms with van der Waals surface area (Å²) < 4.78 is 0. The van der Waals surface area contributed by atoms with Crippen LogP contribution < -0.4 is 0 Å². The van der Waals surface area contributed by atoms with Crippen LogP contribution in [0.3, 0.4) is 0 Å². The lowest BCUT2D eigenvalue weighted by molar-refractivity contribution is 0.661. The maximum Gasteiger partial charge on any atom is 0.160 e. The number of hydrogen-bond acceptors (Lipinski definition) is 2. The molecule has 288 valence electrons. The predicted molar refractivity (Wildman–Crippen MR) is 254 cm³/mol. The molecule has 9 aromatic carbocycles. The van der Waals surface area contributed by atoms with Crippen LogP contribution >= 0.6 is 0 Å². The van der Waals surface area contributed by atoms with E-state index in [-0.39, 0.29) is 10.8 Å². The summed E-state index contributed by atoms with van der Waals surface area (Å²) in [6, 6.07) is 73.1. The van der Waals surface area contributed by atoms with Gasteiger partial charge in [0.05, 0.1) is 11.4 Å². The summed E-state index contributed by atoms with van der Waals surface area (Å²) in [7, 11) is 0. The topological polar surface area (TPSA) is 25.8 Å². The van der Waals surface area contributed by atoms with E-state index in [4.69, 9.17) is 9.97 Å². The van der Waals surface area contributed by atoms with Gasteiger partial charge in [0, 0.05) is 27.5 Å². The zero-order valence-electron chi connectivity index (χ0n) is 34.4. The average molecular weight is 779 g/mol. The Bertz CT molecular complexity index is 3400. The first kappa shape index (κ1) is 35.5. The van der Waals surface area contributed by atoms with Crippen molar-refractivity contribution in [2.75, 3.05) is 0 Å². The molecule has 0 bridgehead atoms. The molecule has 61 heavy (non-hydrogen) atoms. The molecule has 0 radical (unpaired) electrons. The molecule has 0 saturated heterocycles. The molecule has 2 heteroatoms. The predicted octanol–water partition coefficient (Wildman–Crippen LogP) is 15.1. The standard InChI is InChI=1S/C59H42N2/c1-58(2)50-31-17-27-46(55(50)54-40-23-11-10-18-37(40)32-35-51(54)58)43-33-34-45(42-25-13-12-24-41(42)43)52-36-53(61-57(60-52)38-19-6-4-7-20-38)48-29-16-28-47-44-26-14-15-30-49(44)59(3,56(47)48)39-21-8-5-9-22-39/h4-36H,1-3H3. The summed E-state index contributed by atoms with van der Waals surface area (Å²) in [5.41, 5.74) is 18.8. The molecule has 1 atom stereocenters. The summed E-state index contributed by atoms with van der Waals surface area (Å²) in [6.07, 6.45) is 0. The second-order valence-corrected chi connectivity index (χ2v) is 17.4. The molecule has 0 aliphatic heterocycles. The molecular formula is C59H42N2. The summed E-state index contributed by atoms with van der Waals surface area (Å²) in [5.74, 6) is 0.711. The van der Waals surface area contributed by atoms with E-state index in [1.807, 2.05) is 0 Å². The highest BCUT2D eigenvalue weighted by Gasteiger charge is 2.43. The summed E-state index contributed by atoms with van der Waals surface area (Å²) in [4.78, 5) is 10.8. The van der Waals surface area contributed by atoms with Crippen molar-refractivity contribution in [3.8, 4) is 67.3 Å². The number of aromatic nitrogens is 2. The molecule has 2 nitrogen and oxygen atoms in total. The Labute approximate surface area is 356 Å². The first-order chi connectivity index (χ1) is 29.9. The van der Waals surface area contributed by atoms with Crippen LogP contribution in [-0.2, 0) is 10.8 Å². The Kier molecular flexibility index (Phi) is 7.74. The van der Waals surface area contributed by atoms with Crippen LogP contribution in [0.15, 0.2) is 200 Å². The molecule has 0 fully saturated rings. The fourth-order valence-electron chi connectivity index (χ4n) is 10.9. The Morgan fingerprint density at radius 2 is 0.918 bits per heavy atom. The lowest BCUT2D eigenvalue weighted by Gasteiger charge is -2.30. The van der Waals surface area contributed by atoms with Gasteiger partial charge in [-0.2, -0.15) is 0 Å². The summed E-state index contributed by atoms with van der Waals surface area (Å²) in [5, 5.41) is 4.94. The van der Waals surface area contributed by atoms with Gasteiger partial charge in [-0.1, -0.05) is 208 Å². The van der Waals surface area contributed by atoms with Gasteiger partial charge in [0.15, 0.2) is 5.82 Å². The van der Waals surface area contributed by atoms with Gasteiger partial charge in [-0.05, 0) is 95.7 Å². The Balaban J connectivity index is 1.09. The average Bonchev–Trinajstić information content (AvgIpc) is 3.73. The Morgan fingerprint density at radius 1 is 0.361 bits per heavy atom. The van der Waals surface area contributed by atoms with E-state index < -0.39 is 0 Å². The highest BCUT2D eigenvalue weighted by molar-refractivity contribution is 6.11. The van der Waals surface area contributed by atoms with Crippen molar-refractivity contribution < 1.29 is 0 Å². The lowest BCUT2D eigenvalue weighted by atomic mass is 9.72. The van der Waals surface area contributed by atoms with Crippen LogP contribution in [0.25, 0.3) is 88.8 Å². The van der Waals surface area contributed by atoms with Crippen LogP contribution in [0.2, 0.25) is 0 Å². The summed E-state index contributed by atoms with van der Waals surface area (Å²) in [6.45, 7) is 7.13. The van der Waals surface area contributed by atoms with Crippen molar-refractivity contribution in [2.24, 2.45) is 0 Å². The monoisotopic (exact) mass is 778 g/mol. The van der Waals surface area contributed by atoms with Gasteiger partial charge in [0.25, 0.3) is 0 Å². The molecule has 0 saturated carbocycles. The molecule has 12 rings (SSSR count). The van der Waals surface area contributed by atoms with Crippen molar-refractivity contribution >= 4 is 21.5 Å². The molecule has 2 aliphatic carbocycles. The first-order valence-corrected chi connectivity index (χ1v) is 21.3. The van der Waals surface area contributed by atoms with E-state index >= 15 is 0 Å². The van der Waals surface area contributed by atoms with E-state index in [9.17, 15) is 0 Å². The first-order valence-electron chi connectivity index (χ1n) is 21.3. The Morgan fingerprint density at radius 3 is 1.72 bits per heavy atom. The van der Waals surface area contributed by atoms with Crippen LogP contribution in [0.1, 0.15) is 48.6 Å². The minimum Gasteiger partial charge on any atom is -0.228 e.